The molecule has 2 rings (SSSR count). The third-order valence-electron chi connectivity index (χ3n) is 3.04. The van der Waals surface area contributed by atoms with Gasteiger partial charge in [0, 0.05) is 17.4 Å². The van der Waals surface area contributed by atoms with Gasteiger partial charge in [0.15, 0.2) is 0 Å². The number of benzene rings is 1. The first-order valence-electron chi connectivity index (χ1n) is 7.02. The van der Waals surface area contributed by atoms with Crippen molar-refractivity contribution in [3.05, 3.63) is 53.6 Å². The predicted molar refractivity (Wildman–Crippen MR) is 88.1 cm³/mol. The molecule has 0 radical (unpaired) electrons. The Balaban J connectivity index is 2.20. The number of aromatic nitrogens is 2. The number of aryl methyl sites for hydroxylation is 1. The van der Waals surface area contributed by atoms with Gasteiger partial charge in [0.2, 0.25) is 10.0 Å². The summed E-state index contributed by atoms with van der Waals surface area (Å²) in [7, 11) is -3.66. The van der Waals surface area contributed by atoms with E-state index in [1.165, 1.54) is 30.7 Å². The SMILES string of the molecule is CCc1ncncc1C(=O)Nc1cccc(C(=O)NS(C)(=O)=O)c1. The van der Waals surface area contributed by atoms with Crippen molar-refractivity contribution in [1.82, 2.24) is 14.7 Å². The van der Waals surface area contributed by atoms with Crippen molar-refractivity contribution in [2.45, 2.75) is 13.3 Å². The fourth-order valence-electron chi connectivity index (χ4n) is 1.99. The quantitative estimate of drug-likeness (QED) is 0.831. The number of carbonyl (C=O) groups is 2. The Morgan fingerprint density at radius 3 is 2.62 bits per heavy atom. The molecule has 2 amide bonds. The first-order valence-corrected chi connectivity index (χ1v) is 8.91. The van der Waals surface area contributed by atoms with Crippen LogP contribution in [0.15, 0.2) is 36.8 Å². The molecule has 0 fully saturated rings. The van der Waals surface area contributed by atoms with Crippen LogP contribution in [0.4, 0.5) is 5.69 Å². The molecule has 0 unspecified atom stereocenters. The number of hydrogen-bond donors (Lipinski definition) is 2. The van der Waals surface area contributed by atoms with Crippen LogP contribution in [-0.4, -0.2) is 36.5 Å². The van der Waals surface area contributed by atoms with Crippen LogP contribution in [0.3, 0.4) is 0 Å². The second-order valence-electron chi connectivity index (χ2n) is 4.97. The fraction of sp³-hybridized carbons (Fsp3) is 0.200. The van der Waals surface area contributed by atoms with Crippen LogP contribution in [-0.2, 0) is 16.4 Å². The highest BCUT2D eigenvalue weighted by atomic mass is 32.2. The van der Waals surface area contributed by atoms with Crippen molar-refractivity contribution in [2.75, 3.05) is 11.6 Å². The summed E-state index contributed by atoms with van der Waals surface area (Å²) < 4.78 is 24.1. The smallest absolute Gasteiger partial charge is 0.264 e. The molecule has 0 aliphatic heterocycles. The topological polar surface area (TPSA) is 118 Å². The Kier molecular flexibility index (Phi) is 5.24. The molecule has 0 saturated carbocycles. The van der Waals surface area contributed by atoms with Crippen molar-refractivity contribution >= 4 is 27.5 Å². The molecule has 24 heavy (non-hydrogen) atoms. The van der Waals surface area contributed by atoms with Crippen LogP contribution in [0.2, 0.25) is 0 Å². The van der Waals surface area contributed by atoms with Gasteiger partial charge in [-0.1, -0.05) is 13.0 Å². The highest BCUT2D eigenvalue weighted by molar-refractivity contribution is 7.89. The maximum absolute atomic E-state index is 12.3. The van der Waals surface area contributed by atoms with E-state index in [-0.39, 0.29) is 5.56 Å². The van der Waals surface area contributed by atoms with Crippen LogP contribution in [0.1, 0.15) is 33.3 Å². The lowest BCUT2D eigenvalue weighted by Gasteiger charge is -2.09. The summed E-state index contributed by atoms with van der Waals surface area (Å²) in [5.74, 6) is -1.18. The number of rotatable bonds is 5. The molecule has 0 atom stereocenters. The van der Waals surface area contributed by atoms with Gasteiger partial charge < -0.3 is 5.32 Å². The molecule has 0 aliphatic carbocycles. The lowest BCUT2D eigenvalue weighted by atomic mass is 10.1. The molecule has 8 nitrogen and oxygen atoms in total. The molecule has 0 aliphatic rings. The number of anilines is 1. The Morgan fingerprint density at radius 1 is 1.21 bits per heavy atom. The van der Waals surface area contributed by atoms with E-state index in [0.29, 0.717) is 23.4 Å². The minimum absolute atomic E-state index is 0.109. The number of carbonyl (C=O) groups excluding carboxylic acids is 2. The maximum Gasteiger partial charge on any atom is 0.264 e. The molecule has 0 bridgehead atoms. The summed E-state index contributed by atoms with van der Waals surface area (Å²) in [6.07, 6.45) is 4.24. The third-order valence-corrected chi connectivity index (χ3v) is 3.59. The summed E-state index contributed by atoms with van der Waals surface area (Å²) in [6, 6.07) is 5.95. The van der Waals surface area contributed by atoms with E-state index in [0.717, 1.165) is 6.26 Å². The van der Waals surface area contributed by atoms with Gasteiger partial charge in [0.25, 0.3) is 11.8 Å². The monoisotopic (exact) mass is 348 g/mol. The van der Waals surface area contributed by atoms with Crippen LogP contribution in [0.5, 0.6) is 0 Å². The predicted octanol–water partition coefficient (Wildman–Crippen LogP) is 0.981. The van der Waals surface area contributed by atoms with Crippen molar-refractivity contribution in [2.24, 2.45) is 0 Å². The number of nitrogens with zero attached hydrogens (tertiary/aromatic N) is 2. The standard InChI is InChI=1S/C15H16N4O4S/c1-3-13-12(8-16-9-17-13)15(21)18-11-6-4-5-10(7-11)14(20)19-24(2,22)23/h4-9H,3H2,1-2H3,(H,18,21)(H,19,20). The highest BCUT2D eigenvalue weighted by Gasteiger charge is 2.14. The molecule has 9 heteroatoms. The molecular weight excluding hydrogens is 332 g/mol. The maximum atomic E-state index is 12.3. The fourth-order valence-corrected chi connectivity index (χ4v) is 2.44. The van der Waals surface area contributed by atoms with Crippen molar-refractivity contribution in [1.29, 1.82) is 0 Å². The Labute approximate surface area is 139 Å². The summed E-state index contributed by atoms with van der Waals surface area (Å²) in [4.78, 5) is 32.0. The highest BCUT2D eigenvalue weighted by Crippen LogP contribution is 2.14. The number of hydrogen-bond acceptors (Lipinski definition) is 6. The van der Waals surface area contributed by atoms with Gasteiger partial charge in [-0.05, 0) is 24.6 Å². The normalized spacial score (nSPS) is 10.9. The zero-order valence-corrected chi connectivity index (χ0v) is 13.9. The summed E-state index contributed by atoms with van der Waals surface area (Å²) in [6.45, 7) is 1.87. The second-order valence-corrected chi connectivity index (χ2v) is 6.72. The zero-order valence-electron chi connectivity index (χ0n) is 13.1. The van der Waals surface area contributed by atoms with Gasteiger partial charge in [-0.3, -0.25) is 9.59 Å². The van der Waals surface area contributed by atoms with E-state index in [2.05, 4.69) is 15.3 Å². The molecule has 2 N–H and O–H groups in total. The van der Waals surface area contributed by atoms with E-state index in [4.69, 9.17) is 0 Å². The van der Waals surface area contributed by atoms with Crippen molar-refractivity contribution < 1.29 is 18.0 Å². The number of amides is 2. The van der Waals surface area contributed by atoms with Gasteiger partial charge in [-0.25, -0.2) is 23.1 Å². The van der Waals surface area contributed by atoms with E-state index in [9.17, 15) is 18.0 Å². The Bertz CT molecular complexity index is 881. The Hall–Kier alpha value is -2.81. The number of sulfonamides is 1. The van der Waals surface area contributed by atoms with E-state index < -0.39 is 21.8 Å². The minimum Gasteiger partial charge on any atom is -0.322 e. The third kappa shape index (κ3) is 4.59. The van der Waals surface area contributed by atoms with Crippen LogP contribution < -0.4 is 10.0 Å². The van der Waals surface area contributed by atoms with Crippen LogP contribution in [0.25, 0.3) is 0 Å². The van der Waals surface area contributed by atoms with Crippen molar-refractivity contribution in [3.63, 3.8) is 0 Å². The van der Waals surface area contributed by atoms with E-state index in [1.807, 2.05) is 11.6 Å². The van der Waals surface area contributed by atoms with Gasteiger partial charge in [0.1, 0.15) is 6.33 Å². The average Bonchev–Trinajstić information content (AvgIpc) is 2.53. The summed E-state index contributed by atoms with van der Waals surface area (Å²) in [5, 5.41) is 2.64. The van der Waals surface area contributed by atoms with Crippen LogP contribution >= 0.6 is 0 Å². The van der Waals surface area contributed by atoms with E-state index >= 15 is 0 Å². The molecule has 2 aromatic rings. The number of nitrogens with one attached hydrogen (secondary N) is 2. The zero-order chi connectivity index (χ0) is 17.7. The molecule has 1 heterocycles. The Morgan fingerprint density at radius 2 is 1.96 bits per heavy atom. The largest absolute Gasteiger partial charge is 0.322 e. The van der Waals surface area contributed by atoms with Gasteiger partial charge in [0.05, 0.1) is 17.5 Å². The van der Waals surface area contributed by atoms with Gasteiger partial charge in [-0.15, -0.1) is 0 Å². The van der Waals surface area contributed by atoms with Crippen molar-refractivity contribution in [3.8, 4) is 0 Å². The van der Waals surface area contributed by atoms with E-state index in [1.54, 1.807) is 6.07 Å². The minimum atomic E-state index is -3.66. The average molecular weight is 348 g/mol. The van der Waals surface area contributed by atoms with Gasteiger partial charge in [-0.2, -0.15) is 0 Å². The molecule has 1 aromatic carbocycles. The first-order chi connectivity index (χ1) is 11.3. The molecular formula is C15H16N4O4S. The molecule has 126 valence electrons. The lowest BCUT2D eigenvalue weighted by molar-refractivity contribution is 0.0979. The molecule has 0 saturated heterocycles. The molecule has 1 aromatic heterocycles. The van der Waals surface area contributed by atoms with Crippen LogP contribution in [0, 0.1) is 0 Å². The lowest BCUT2D eigenvalue weighted by Crippen LogP contribution is -2.29. The summed E-state index contributed by atoms with van der Waals surface area (Å²) in [5.41, 5.74) is 1.41. The molecule has 0 spiro atoms. The second kappa shape index (κ2) is 7.18. The first kappa shape index (κ1) is 17.5. The van der Waals surface area contributed by atoms with Gasteiger partial charge >= 0.3 is 0 Å². The summed E-state index contributed by atoms with van der Waals surface area (Å²) >= 11 is 0.